The number of nitrogens with zero attached hydrogens (tertiary/aromatic N) is 1. The third-order valence-electron chi connectivity index (χ3n) is 2.96. The average molecular weight is 277 g/mol. The summed E-state index contributed by atoms with van der Waals surface area (Å²) in [6.45, 7) is 15.8. The topological polar surface area (TPSA) is 30.9 Å². The van der Waals surface area contributed by atoms with E-state index >= 15 is 0 Å². The van der Waals surface area contributed by atoms with Crippen LogP contribution in [0.25, 0.3) is 0 Å². The zero-order valence-electron chi connectivity index (χ0n) is 13.0. The molecule has 0 saturated carbocycles. The fourth-order valence-electron chi connectivity index (χ4n) is 2.13. The molecule has 0 N–H and O–H groups in total. The van der Waals surface area contributed by atoms with E-state index in [1.54, 1.807) is 0 Å². The Morgan fingerprint density at radius 1 is 0.944 bits per heavy atom. The Balaban J connectivity index is 4.72. The van der Waals surface area contributed by atoms with Crippen molar-refractivity contribution < 1.29 is 13.3 Å². The molecule has 0 fully saturated rings. The molecule has 1 atom stereocenters. The van der Waals surface area contributed by atoms with Crippen LogP contribution in [-0.4, -0.2) is 46.2 Å². The third kappa shape index (κ3) is 5.80. The first-order valence-electron chi connectivity index (χ1n) is 7.28. The Morgan fingerprint density at radius 3 is 1.78 bits per heavy atom. The second-order valence-electron chi connectivity index (χ2n) is 4.24. The quantitative estimate of drug-likeness (QED) is 0.429. The summed E-state index contributed by atoms with van der Waals surface area (Å²) in [4.78, 5) is 2.27. The Hall–Kier alpha value is 0.0569. The summed E-state index contributed by atoms with van der Waals surface area (Å²) in [6, 6.07) is 0.889. The van der Waals surface area contributed by atoms with Gasteiger partial charge in [-0.1, -0.05) is 27.2 Å². The van der Waals surface area contributed by atoms with Gasteiger partial charge < -0.3 is 13.3 Å². The summed E-state index contributed by atoms with van der Waals surface area (Å²) in [5.74, 6) is 0. The molecule has 0 saturated heterocycles. The van der Waals surface area contributed by atoms with E-state index in [2.05, 4.69) is 32.6 Å². The summed E-state index contributed by atoms with van der Waals surface area (Å²) in [7, 11) is -2.50. The van der Waals surface area contributed by atoms with Gasteiger partial charge in [0.15, 0.2) is 0 Å². The van der Waals surface area contributed by atoms with Gasteiger partial charge in [0, 0.05) is 19.3 Å². The lowest BCUT2D eigenvalue weighted by Gasteiger charge is -2.35. The summed E-state index contributed by atoms with van der Waals surface area (Å²) >= 11 is 0. The number of hydrogen-bond donors (Lipinski definition) is 0. The van der Waals surface area contributed by atoms with Gasteiger partial charge in [-0.25, -0.2) is 0 Å². The van der Waals surface area contributed by atoms with Crippen LogP contribution in [0.4, 0.5) is 0 Å². The highest BCUT2D eigenvalue weighted by Crippen LogP contribution is 2.21. The van der Waals surface area contributed by atoms with E-state index < -0.39 is 8.80 Å². The van der Waals surface area contributed by atoms with Gasteiger partial charge in [0.1, 0.15) is 6.23 Å². The predicted octanol–water partition coefficient (Wildman–Crippen LogP) is 3.11. The molecule has 18 heavy (non-hydrogen) atoms. The van der Waals surface area contributed by atoms with Gasteiger partial charge in [0.05, 0.1) is 0 Å². The molecule has 0 aliphatic carbocycles. The van der Waals surface area contributed by atoms with E-state index in [1.165, 1.54) is 0 Å². The van der Waals surface area contributed by atoms with Crippen LogP contribution >= 0.6 is 0 Å². The highest BCUT2D eigenvalue weighted by molar-refractivity contribution is 6.60. The molecule has 0 aromatic carbocycles. The second-order valence-corrected chi connectivity index (χ2v) is 6.92. The number of rotatable bonds is 11. The Labute approximate surface area is 114 Å². The summed E-state index contributed by atoms with van der Waals surface area (Å²) in [5, 5.41) is 0. The lowest BCUT2D eigenvalue weighted by molar-refractivity contribution is -0.0302. The Morgan fingerprint density at radius 2 is 1.44 bits per heavy atom. The first-order valence-corrected chi connectivity index (χ1v) is 9.21. The van der Waals surface area contributed by atoms with E-state index in [9.17, 15) is 0 Å². The Bertz CT molecular complexity index is 184. The number of hydrogen-bond acceptors (Lipinski definition) is 4. The van der Waals surface area contributed by atoms with Gasteiger partial charge in [-0.3, -0.25) is 4.90 Å². The van der Waals surface area contributed by atoms with Crippen LogP contribution in [0.5, 0.6) is 0 Å². The van der Waals surface area contributed by atoms with Crippen molar-refractivity contribution in [2.75, 3.05) is 26.3 Å². The maximum atomic E-state index is 6.22. The molecule has 0 amide bonds. The van der Waals surface area contributed by atoms with Gasteiger partial charge in [0.2, 0.25) is 0 Å². The minimum Gasteiger partial charge on any atom is -0.374 e. The van der Waals surface area contributed by atoms with Crippen molar-refractivity contribution in [1.82, 2.24) is 4.90 Å². The fourth-order valence-corrected chi connectivity index (χ4v) is 4.92. The smallest absolute Gasteiger partial charge is 0.374 e. The lowest BCUT2D eigenvalue weighted by Crippen LogP contribution is -2.51. The molecule has 0 spiro atoms. The van der Waals surface area contributed by atoms with E-state index in [0.29, 0.717) is 13.2 Å². The fraction of sp³-hybridized carbons (Fsp3) is 1.00. The average Bonchev–Trinajstić information content (AvgIpc) is 2.31. The van der Waals surface area contributed by atoms with Crippen molar-refractivity contribution >= 4 is 8.80 Å². The molecule has 0 aromatic rings. The normalized spacial score (nSPS) is 14.2. The van der Waals surface area contributed by atoms with E-state index in [1.807, 2.05) is 13.8 Å². The van der Waals surface area contributed by atoms with Crippen LogP contribution in [0.2, 0.25) is 6.04 Å². The molecule has 0 radical (unpaired) electrons. The SMILES string of the molecule is CCC[Si](OCC)(OCC)OC(C)N(CC)CC. The minimum atomic E-state index is -2.50. The molecule has 0 bridgehead atoms. The first-order chi connectivity index (χ1) is 8.59. The van der Waals surface area contributed by atoms with Gasteiger partial charge in [-0.05, 0) is 33.9 Å². The van der Waals surface area contributed by atoms with Crippen molar-refractivity contribution in [3.63, 3.8) is 0 Å². The van der Waals surface area contributed by atoms with Crippen molar-refractivity contribution in [3.8, 4) is 0 Å². The molecule has 0 aromatic heterocycles. The standard InChI is InChI=1S/C13H31NO3Si/c1-7-12-18(15-10-4,16-11-5)17-13(6)14(8-2)9-3/h13H,7-12H2,1-6H3. The van der Waals surface area contributed by atoms with Gasteiger partial charge in [0.25, 0.3) is 0 Å². The van der Waals surface area contributed by atoms with Crippen LogP contribution in [0.1, 0.15) is 48.0 Å². The van der Waals surface area contributed by atoms with Crippen molar-refractivity contribution in [1.29, 1.82) is 0 Å². The van der Waals surface area contributed by atoms with E-state index in [0.717, 1.165) is 25.6 Å². The van der Waals surface area contributed by atoms with Crippen molar-refractivity contribution in [2.45, 2.75) is 60.2 Å². The second kappa shape index (κ2) is 9.92. The predicted molar refractivity (Wildman–Crippen MR) is 77.6 cm³/mol. The monoisotopic (exact) mass is 277 g/mol. The summed E-state index contributed by atoms with van der Waals surface area (Å²) < 4.78 is 18.0. The Kier molecular flexibility index (Phi) is 9.95. The lowest BCUT2D eigenvalue weighted by atomic mass is 10.5. The third-order valence-corrected chi connectivity index (χ3v) is 6.23. The molecular formula is C13H31NO3Si. The van der Waals surface area contributed by atoms with Crippen LogP contribution in [-0.2, 0) is 13.3 Å². The van der Waals surface area contributed by atoms with Crippen molar-refractivity contribution in [2.24, 2.45) is 0 Å². The minimum absolute atomic E-state index is 0.0521. The first kappa shape index (κ1) is 18.1. The molecule has 110 valence electrons. The maximum Gasteiger partial charge on any atom is 0.502 e. The van der Waals surface area contributed by atoms with E-state index in [4.69, 9.17) is 13.3 Å². The molecule has 4 nitrogen and oxygen atoms in total. The van der Waals surface area contributed by atoms with Gasteiger partial charge >= 0.3 is 8.80 Å². The van der Waals surface area contributed by atoms with Gasteiger partial charge in [-0.15, -0.1) is 0 Å². The molecule has 5 heteroatoms. The molecule has 0 rings (SSSR count). The highest BCUT2D eigenvalue weighted by atomic mass is 28.4. The van der Waals surface area contributed by atoms with Crippen LogP contribution in [0.3, 0.4) is 0 Å². The van der Waals surface area contributed by atoms with E-state index in [-0.39, 0.29) is 6.23 Å². The highest BCUT2D eigenvalue weighted by Gasteiger charge is 2.41. The van der Waals surface area contributed by atoms with Crippen LogP contribution in [0, 0.1) is 0 Å². The molecular weight excluding hydrogens is 246 g/mol. The molecule has 0 heterocycles. The zero-order chi connectivity index (χ0) is 14.0. The summed E-state index contributed by atoms with van der Waals surface area (Å²) in [5.41, 5.74) is 0. The maximum absolute atomic E-state index is 6.22. The summed E-state index contributed by atoms with van der Waals surface area (Å²) in [6.07, 6.45) is 1.08. The molecule has 0 aliphatic heterocycles. The van der Waals surface area contributed by atoms with Crippen molar-refractivity contribution in [3.05, 3.63) is 0 Å². The van der Waals surface area contributed by atoms with Gasteiger partial charge in [-0.2, -0.15) is 0 Å². The largest absolute Gasteiger partial charge is 0.502 e. The zero-order valence-corrected chi connectivity index (χ0v) is 14.0. The molecule has 1 unspecified atom stereocenters. The molecule has 0 aliphatic rings. The van der Waals surface area contributed by atoms with Crippen LogP contribution < -0.4 is 0 Å². The van der Waals surface area contributed by atoms with Crippen LogP contribution in [0.15, 0.2) is 0 Å².